The van der Waals surface area contributed by atoms with Gasteiger partial charge in [-0.15, -0.1) is 0 Å². The fourth-order valence-electron chi connectivity index (χ4n) is 3.48. The monoisotopic (exact) mass is 356 g/mol. The Morgan fingerprint density at radius 3 is 2.68 bits per heavy atom. The molecule has 131 valence electrons. The standard InChI is InChI=1S/C20H23ClN3O/c21-17-7-1-2-8-19(17)25-20-10-9-15(13-23-20)18-14-24(12-4-11-22-18)16-5-3-6-16/h1-2,7-10,13,16,18H,3-6,11-12,14H2. The zero-order valence-electron chi connectivity index (χ0n) is 14.3. The number of nitrogens with zero attached hydrogens (tertiary/aromatic N) is 3. The van der Waals surface area contributed by atoms with E-state index in [-0.39, 0.29) is 6.04 Å². The molecule has 2 fully saturated rings. The number of pyridine rings is 1. The highest BCUT2D eigenvalue weighted by molar-refractivity contribution is 6.32. The Balaban J connectivity index is 1.44. The van der Waals surface area contributed by atoms with Crippen LogP contribution in [0.5, 0.6) is 11.6 Å². The first-order valence-corrected chi connectivity index (χ1v) is 9.46. The van der Waals surface area contributed by atoms with Gasteiger partial charge in [-0.3, -0.25) is 4.90 Å². The van der Waals surface area contributed by atoms with E-state index in [0.29, 0.717) is 16.7 Å². The summed E-state index contributed by atoms with van der Waals surface area (Å²) in [6.07, 6.45) is 7.11. The molecule has 1 atom stereocenters. The van der Waals surface area contributed by atoms with Gasteiger partial charge < -0.3 is 4.74 Å². The normalized spacial score (nSPS) is 22.2. The maximum atomic E-state index is 6.14. The lowest BCUT2D eigenvalue weighted by atomic mass is 9.91. The summed E-state index contributed by atoms with van der Waals surface area (Å²) in [4.78, 5) is 7.09. The average Bonchev–Trinajstić information content (AvgIpc) is 2.82. The van der Waals surface area contributed by atoms with E-state index in [0.717, 1.165) is 31.1 Å². The lowest BCUT2D eigenvalue weighted by Crippen LogP contribution is -2.42. The third-order valence-electron chi connectivity index (χ3n) is 5.15. The summed E-state index contributed by atoms with van der Waals surface area (Å²) >= 11 is 6.14. The minimum absolute atomic E-state index is 0.213. The molecule has 1 aromatic carbocycles. The van der Waals surface area contributed by atoms with Crippen molar-refractivity contribution in [2.75, 3.05) is 19.6 Å². The second kappa shape index (κ2) is 7.73. The van der Waals surface area contributed by atoms with Gasteiger partial charge in [-0.05, 0) is 43.5 Å². The summed E-state index contributed by atoms with van der Waals surface area (Å²) in [5.74, 6) is 1.18. The van der Waals surface area contributed by atoms with E-state index < -0.39 is 0 Å². The van der Waals surface area contributed by atoms with Crippen LogP contribution in [0.3, 0.4) is 0 Å². The molecule has 4 rings (SSSR count). The molecule has 5 heteroatoms. The van der Waals surface area contributed by atoms with Gasteiger partial charge in [-0.2, -0.15) is 0 Å². The molecule has 1 saturated carbocycles. The lowest BCUT2D eigenvalue weighted by Gasteiger charge is -2.38. The number of rotatable bonds is 4. The highest BCUT2D eigenvalue weighted by atomic mass is 35.5. The Hall–Kier alpha value is -1.62. The van der Waals surface area contributed by atoms with Crippen LogP contribution in [0.1, 0.15) is 37.3 Å². The summed E-state index contributed by atoms with van der Waals surface area (Å²) < 4.78 is 5.78. The molecule has 1 saturated heterocycles. The van der Waals surface area contributed by atoms with Crippen molar-refractivity contribution in [3.05, 3.63) is 53.2 Å². The number of aromatic nitrogens is 1. The number of halogens is 1. The third-order valence-corrected chi connectivity index (χ3v) is 5.46. The van der Waals surface area contributed by atoms with Crippen LogP contribution in [-0.2, 0) is 0 Å². The second-order valence-corrected chi connectivity index (χ2v) is 7.22. The Bertz CT molecular complexity index is 702. The van der Waals surface area contributed by atoms with Crippen LogP contribution in [0, 0.1) is 0 Å². The first-order chi connectivity index (χ1) is 12.3. The van der Waals surface area contributed by atoms with Crippen molar-refractivity contribution in [2.45, 2.75) is 37.8 Å². The van der Waals surface area contributed by atoms with Crippen molar-refractivity contribution in [3.63, 3.8) is 0 Å². The van der Waals surface area contributed by atoms with Gasteiger partial charge in [0.05, 0.1) is 11.1 Å². The number of hydrogen-bond acceptors (Lipinski definition) is 3. The highest BCUT2D eigenvalue weighted by Crippen LogP contribution is 2.30. The zero-order chi connectivity index (χ0) is 17.1. The molecule has 1 unspecified atom stereocenters. The molecule has 0 spiro atoms. The van der Waals surface area contributed by atoms with Crippen molar-refractivity contribution in [1.29, 1.82) is 0 Å². The summed E-state index contributed by atoms with van der Waals surface area (Å²) in [5, 5.41) is 5.46. The Morgan fingerprint density at radius 1 is 1.08 bits per heavy atom. The second-order valence-electron chi connectivity index (χ2n) is 6.82. The van der Waals surface area contributed by atoms with Crippen LogP contribution in [0.15, 0.2) is 42.6 Å². The van der Waals surface area contributed by atoms with E-state index >= 15 is 0 Å². The predicted octanol–water partition coefficient (Wildman–Crippen LogP) is 4.43. The van der Waals surface area contributed by atoms with E-state index in [1.54, 1.807) is 0 Å². The van der Waals surface area contributed by atoms with Crippen molar-refractivity contribution >= 4 is 11.6 Å². The van der Waals surface area contributed by atoms with Crippen LogP contribution >= 0.6 is 11.6 Å². The number of benzene rings is 1. The Kier molecular flexibility index (Phi) is 5.20. The summed E-state index contributed by atoms with van der Waals surface area (Å²) in [5.41, 5.74) is 1.16. The fraction of sp³-hybridized carbons (Fsp3) is 0.450. The van der Waals surface area contributed by atoms with Crippen molar-refractivity contribution in [3.8, 4) is 11.6 Å². The summed E-state index contributed by atoms with van der Waals surface area (Å²) in [7, 11) is 0. The maximum absolute atomic E-state index is 6.14. The molecule has 1 aromatic heterocycles. The third kappa shape index (κ3) is 3.97. The molecule has 0 amide bonds. The first-order valence-electron chi connectivity index (χ1n) is 9.08. The van der Waals surface area contributed by atoms with Crippen LogP contribution in [0.4, 0.5) is 0 Å². The minimum atomic E-state index is 0.213. The van der Waals surface area contributed by atoms with E-state index in [2.05, 4.69) is 16.0 Å². The van der Waals surface area contributed by atoms with Gasteiger partial charge in [0.25, 0.3) is 0 Å². The van der Waals surface area contributed by atoms with Gasteiger partial charge in [-0.1, -0.05) is 36.2 Å². The summed E-state index contributed by atoms with van der Waals surface area (Å²) in [6.45, 7) is 3.12. The van der Waals surface area contributed by atoms with Gasteiger partial charge in [0.2, 0.25) is 5.88 Å². The molecular weight excluding hydrogens is 334 g/mol. The van der Waals surface area contributed by atoms with Gasteiger partial charge in [0, 0.05) is 31.4 Å². The van der Waals surface area contributed by atoms with Crippen LogP contribution in [0.25, 0.3) is 0 Å². The largest absolute Gasteiger partial charge is 0.437 e. The number of hydrogen-bond donors (Lipinski definition) is 0. The molecule has 1 aliphatic carbocycles. The molecule has 1 radical (unpaired) electrons. The van der Waals surface area contributed by atoms with E-state index in [1.165, 1.54) is 25.8 Å². The van der Waals surface area contributed by atoms with E-state index in [4.69, 9.17) is 21.7 Å². The van der Waals surface area contributed by atoms with Gasteiger partial charge >= 0.3 is 0 Å². The smallest absolute Gasteiger partial charge is 0.219 e. The van der Waals surface area contributed by atoms with Crippen LogP contribution in [0.2, 0.25) is 5.02 Å². The molecular formula is C20H23ClN3O. The maximum Gasteiger partial charge on any atom is 0.219 e. The Labute approximate surface area is 154 Å². The van der Waals surface area contributed by atoms with Gasteiger partial charge in [0.1, 0.15) is 5.75 Å². The van der Waals surface area contributed by atoms with Crippen molar-refractivity contribution < 1.29 is 4.74 Å². The molecule has 25 heavy (non-hydrogen) atoms. The predicted molar refractivity (Wildman–Crippen MR) is 99.3 cm³/mol. The fourth-order valence-corrected chi connectivity index (χ4v) is 3.65. The first kappa shape index (κ1) is 16.8. The zero-order valence-corrected chi connectivity index (χ0v) is 15.0. The van der Waals surface area contributed by atoms with Gasteiger partial charge in [-0.25, -0.2) is 10.3 Å². The molecule has 4 nitrogen and oxygen atoms in total. The van der Waals surface area contributed by atoms with Gasteiger partial charge in [0.15, 0.2) is 0 Å². The van der Waals surface area contributed by atoms with Crippen LogP contribution in [-0.4, -0.2) is 35.6 Å². The molecule has 0 N–H and O–H groups in total. The number of para-hydroxylation sites is 1. The molecule has 2 aromatic rings. The average molecular weight is 357 g/mol. The van der Waals surface area contributed by atoms with E-state index in [1.807, 2.05) is 36.5 Å². The molecule has 1 aliphatic heterocycles. The Morgan fingerprint density at radius 2 is 1.96 bits per heavy atom. The molecule has 2 aliphatic rings. The van der Waals surface area contributed by atoms with Crippen molar-refractivity contribution in [2.24, 2.45) is 0 Å². The van der Waals surface area contributed by atoms with E-state index in [9.17, 15) is 0 Å². The summed E-state index contributed by atoms with van der Waals surface area (Å²) in [6, 6.07) is 12.4. The highest BCUT2D eigenvalue weighted by Gasteiger charge is 2.29. The minimum Gasteiger partial charge on any atom is -0.437 e. The van der Waals surface area contributed by atoms with Crippen LogP contribution < -0.4 is 10.1 Å². The SMILES string of the molecule is Clc1ccccc1Oc1ccc(C2CN(C3CCC3)CCC[N]2)cn1. The topological polar surface area (TPSA) is 39.5 Å². The quantitative estimate of drug-likeness (QED) is 0.813. The lowest BCUT2D eigenvalue weighted by molar-refractivity contribution is 0.125. The van der Waals surface area contributed by atoms with Crippen molar-refractivity contribution in [1.82, 2.24) is 15.2 Å². The number of ether oxygens (including phenoxy) is 1. The molecule has 0 bridgehead atoms. The molecule has 2 heterocycles.